The van der Waals surface area contributed by atoms with Gasteiger partial charge in [-0.3, -0.25) is 4.90 Å². The third-order valence-corrected chi connectivity index (χ3v) is 3.82. The van der Waals surface area contributed by atoms with E-state index in [4.69, 9.17) is 4.74 Å². The van der Waals surface area contributed by atoms with E-state index in [0.717, 1.165) is 31.1 Å². The zero-order valence-electron chi connectivity index (χ0n) is 11.0. The molecule has 1 saturated heterocycles. The van der Waals surface area contributed by atoms with Crippen molar-refractivity contribution in [3.05, 3.63) is 23.8 Å². The first-order chi connectivity index (χ1) is 8.92. The number of likely N-dealkylation sites (tertiary alicyclic amines) is 1. The highest BCUT2D eigenvalue weighted by molar-refractivity contribution is 5.59. The predicted molar refractivity (Wildman–Crippen MR) is 74.2 cm³/mol. The van der Waals surface area contributed by atoms with Crippen molar-refractivity contribution in [3.63, 3.8) is 0 Å². The predicted octanol–water partition coefficient (Wildman–Crippen LogP) is 2.87. The number of fused-ring (bicyclic) bond motifs is 1. The van der Waals surface area contributed by atoms with E-state index in [1.807, 2.05) is 0 Å². The molecule has 1 fully saturated rings. The number of nitrogens with one attached hydrogen (secondary N) is 1. The molecule has 98 valence electrons. The van der Waals surface area contributed by atoms with Crippen LogP contribution in [0.1, 0.15) is 31.2 Å². The van der Waals surface area contributed by atoms with Crippen LogP contribution in [0, 0.1) is 0 Å². The lowest BCUT2D eigenvalue weighted by atomic mass is 10.1. The number of anilines is 1. The van der Waals surface area contributed by atoms with Gasteiger partial charge in [-0.05, 0) is 43.6 Å². The molecule has 0 saturated carbocycles. The summed E-state index contributed by atoms with van der Waals surface area (Å²) in [7, 11) is 0. The highest BCUT2D eigenvalue weighted by atomic mass is 16.5. The van der Waals surface area contributed by atoms with Crippen LogP contribution in [-0.2, 0) is 6.54 Å². The molecule has 0 aliphatic carbocycles. The Balaban J connectivity index is 1.68. The summed E-state index contributed by atoms with van der Waals surface area (Å²) in [6.07, 6.45) is 5.50. The van der Waals surface area contributed by atoms with E-state index in [2.05, 4.69) is 28.4 Å². The molecule has 0 amide bonds. The van der Waals surface area contributed by atoms with E-state index in [1.165, 1.54) is 44.3 Å². The molecule has 0 bridgehead atoms. The zero-order valence-corrected chi connectivity index (χ0v) is 11.0. The largest absolute Gasteiger partial charge is 0.490 e. The van der Waals surface area contributed by atoms with Crippen LogP contribution in [0.25, 0.3) is 0 Å². The van der Waals surface area contributed by atoms with Gasteiger partial charge < -0.3 is 10.1 Å². The van der Waals surface area contributed by atoms with Gasteiger partial charge in [-0.1, -0.05) is 18.9 Å². The Hall–Kier alpha value is -1.22. The van der Waals surface area contributed by atoms with Crippen molar-refractivity contribution >= 4 is 5.69 Å². The Kier molecular flexibility index (Phi) is 3.69. The highest BCUT2D eigenvalue weighted by Crippen LogP contribution is 2.28. The normalized spacial score (nSPS) is 20.4. The van der Waals surface area contributed by atoms with Crippen LogP contribution in [0.4, 0.5) is 5.69 Å². The minimum absolute atomic E-state index is 0.776. The van der Waals surface area contributed by atoms with Crippen LogP contribution in [0.5, 0.6) is 5.75 Å². The molecule has 2 heterocycles. The molecule has 0 atom stereocenters. The molecule has 2 aliphatic rings. The van der Waals surface area contributed by atoms with Crippen molar-refractivity contribution in [2.24, 2.45) is 0 Å². The van der Waals surface area contributed by atoms with Gasteiger partial charge in [0, 0.05) is 13.1 Å². The molecule has 1 N–H and O–H groups in total. The average molecular weight is 246 g/mol. The number of nitrogens with zero attached hydrogens (tertiary/aromatic N) is 1. The van der Waals surface area contributed by atoms with Crippen molar-refractivity contribution in [1.29, 1.82) is 0 Å². The first kappa shape index (κ1) is 11.8. The Bertz CT molecular complexity index is 397. The van der Waals surface area contributed by atoms with Crippen molar-refractivity contribution in [2.45, 2.75) is 32.2 Å². The molecular weight excluding hydrogens is 224 g/mol. The summed E-state index contributed by atoms with van der Waals surface area (Å²) >= 11 is 0. The molecule has 0 unspecified atom stereocenters. The van der Waals surface area contributed by atoms with Crippen LogP contribution in [0.2, 0.25) is 0 Å². The first-order valence-corrected chi connectivity index (χ1v) is 7.14. The van der Waals surface area contributed by atoms with E-state index < -0.39 is 0 Å². The van der Waals surface area contributed by atoms with Crippen molar-refractivity contribution < 1.29 is 4.74 Å². The smallest absolute Gasteiger partial charge is 0.142 e. The van der Waals surface area contributed by atoms with Crippen LogP contribution in [0.3, 0.4) is 0 Å². The molecule has 0 radical (unpaired) electrons. The Labute approximate surface area is 109 Å². The second kappa shape index (κ2) is 5.61. The topological polar surface area (TPSA) is 24.5 Å². The molecule has 3 nitrogen and oxygen atoms in total. The van der Waals surface area contributed by atoms with Gasteiger partial charge in [0.1, 0.15) is 12.4 Å². The summed E-state index contributed by atoms with van der Waals surface area (Å²) in [6, 6.07) is 6.56. The summed E-state index contributed by atoms with van der Waals surface area (Å²) in [4.78, 5) is 2.58. The van der Waals surface area contributed by atoms with Crippen LogP contribution in [-0.4, -0.2) is 31.1 Å². The summed E-state index contributed by atoms with van der Waals surface area (Å²) < 4.78 is 5.61. The molecule has 3 rings (SSSR count). The maximum atomic E-state index is 5.61. The number of ether oxygens (including phenoxy) is 1. The molecule has 3 heteroatoms. The number of hydrogen-bond acceptors (Lipinski definition) is 3. The third kappa shape index (κ3) is 2.78. The molecule has 2 aliphatic heterocycles. The van der Waals surface area contributed by atoms with Crippen molar-refractivity contribution in [3.8, 4) is 5.75 Å². The molecular formula is C15H22N2O. The minimum atomic E-state index is 0.776. The van der Waals surface area contributed by atoms with Crippen LogP contribution in [0.15, 0.2) is 18.2 Å². The zero-order chi connectivity index (χ0) is 12.2. The van der Waals surface area contributed by atoms with Crippen LogP contribution < -0.4 is 10.1 Å². The molecule has 1 aromatic carbocycles. The van der Waals surface area contributed by atoms with Crippen molar-refractivity contribution in [2.75, 3.05) is 31.6 Å². The van der Waals surface area contributed by atoms with Gasteiger partial charge in [-0.15, -0.1) is 0 Å². The third-order valence-electron chi connectivity index (χ3n) is 3.82. The summed E-state index contributed by atoms with van der Waals surface area (Å²) in [5, 5.41) is 3.41. The van der Waals surface area contributed by atoms with Gasteiger partial charge >= 0.3 is 0 Å². The fraction of sp³-hybridized carbons (Fsp3) is 0.600. The van der Waals surface area contributed by atoms with E-state index in [0.29, 0.717) is 0 Å². The second-order valence-electron chi connectivity index (χ2n) is 5.30. The molecule has 0 aromatic heterocycles. The first-order valence-electron chi connectivity index (χ1n) is 7.14. The summed E-state index contributed by atoms with van der Waals surface area (Å²) in [5.41, 5.74) is 2.56. The highest BCUT2D eigenvalue weighted by Gasteiger charge is 2.13. The van der Waals surface area contributed by atoms with E-state index in [-0.39, 0.29) is 0 Å². The Morgan fingerprint density at radius 2 is 1.94 bits per heavy atom. The fourth-order valence-corrected chi connectivity index (χ4v) is 2.84. The minimum Gasteiger partial charge on any atom is -0.490 e. The number of rotatable bonds is 2. The second-order valence-corrected chi connectivity index (χ2v) is 5.30. The van der Waals surface area contributed by atoms with Gasteiger partial charge in [0.15, 0.2) is 0 Å². The lowest BCUT2D eigenvalue weighted by molar-refractivity contribution is 0.276. The van der Waals surface area contributed by atoms with Crippen molar-refractivity contribution in [1.82, 2.24) is 4.90 Å². The maximum Gasteiger partial charge on any atom is 0.142 e. The number of hydrogen-bond donors (Lipinski definition) is 1. The van der Waals surface area contributed by atoms with E-state index >= 15 is 0 Å². The van der Waals surface area contributed by atoms with Gasteiger partial charge in [0.2, 0.25) is 0 Å². The van der Waals surface area contributed by atoms with Gasteiger partial charge in [-0.25, -0.2) is 0 Å². The van der Waals surface area contributed by atoms with Crippen LogP contribution >= 0.6 is 0 Å². The molecule has 0 spiro atoms. The molecule has 1 aromatic rings. The van der Waals surface area contributed by atoms with E-state index in [9.17, 15) is 0 Å². The quantitative estimate of drug-likeness (QED) is 0.868. The van der Waals surface area contributed by atoms with Gasteiger partial charge in [0.05, 0.1) is 5.69 Å². The average Bonchev–Trinajstić information content (AvgIpc) is 2.67. The summed E-state index contributed by atoms with van der Waals surface area (Å²) in [5.74, 6) is 1.00. The SMILES string of the molecule is c1cc2c(cc1CN1CCCCCC1)NCCO2. The fourth-order valence-electron chi connectivity index (χ4n) is 2.84. The number of benzene rings is 1. The Morgan fingerprint density at radius 3 is 2.78 bits per heavy atom. The summed E-state index contributed by atoms with van der Waals surface area (Å²) in [6.45, 7) is 5.27. The van der Waals surface area contributed by atoms with Gasteiger partial charge in [-0.2, -0.15) is 0 Å². The monoisotopic (exact) mass is 246 g/mol. The lowest BCUT2D eigenvalue weighted by Crippen LogP contribution is -2.24. The standard InChI is InChI=1S/C15H22N2O/c1-2-4-9-17(8-3-1)12-13-5-6-15-14(11-13)16-7-10-18-15/h5-6,11,16H,1-4,7-10,12H2. The Morgan fingerprint density at radius 1 is 1.11 bits per heavy atom. The van der Waals surface area contributed by atoms with Gasteiger partial charge in [0.25, 0.3) is 0 Å². The molecule has 18 heavy (non-hydrogen) atoms. The maximum absolute atomic E-state index is 5.61. The van der Waals surface area contributed by atoms with E-state index in [1.54, 1.807) is 0 Å². The lowest BCUT2D eigenvalue weighted by Gasteiger charge is -2.23.